The van der Waals surface area contributed by atoms with E-state index in [0.29, 0.717) is 12.5 Å². The van der Waals surface area contributed by atoms with Crippen molar-refractivity contribution >= 4 is 5.91 Å². The molecule has 1 aromatic carbocycles. The Morgan fingerprint density at radius 2 is 2.18 bits per heavy atom. The number of hydrogen-bond acceptors (Lipinski definition) is 2. The van der Waals surface area contributed by atoms with Gasteiger partial charge in [0.2, 0.25) is 5.91 Å². The van der Waals surface area contributed by atoms with Gasteiger partial charge in [-0.2, -0.15) is 0 Å². The van der Waals surface area contributed by atoms with Crippen molar-refractivity contribution in [3.05, 3.63) is 35.4 Å². The lowest BCUT2D eigenvalue weighted by molar-refractivity contribution is -0.120. The zero-order chi connectivity index (χ0) is 12.4. The van der Waals surface area contributed by atoms with Gasteiger partial charge in [-0.15, -0.1) is 0 Å². The van der Waals surface area contributed by atoms with E-state index in [1.807, 2.05) is 0 Å². The summed E-state index contributed by atoms with van der Waals surface area (Å²) in [6, 6.07) is 2.23. The maximum atomic E-state index is 13.5. The molecule has 92 valence electrons. The van der Waals surface area contributed by atoms with Crippen LogP contribution in [0.5, 0.6) is 0 Å². The van der Waals surface area contributed by atoms with Crippen LogP contribution >= 0.6 is 0 Å². The molecule has 1 aliphatic rings. The second kappa shape index (κ2) is 4.79. The molecular formula is C12H14F2N2O. The number of halogens is 2. The van der Waals surface area contributed by atoms with Crippen molar-refractivity contribution in [2.45, 2.75) is 18.9 Å². The summed E-state index contributed by atoms with van der Waals surface area (Å²) in [7, 11) is 0. The molecule has 3 nitrogen and oxygen atoms in total. The average Bonchev–Trinajstić information content (AvgIpc) is 3.04. The highest BCUT2D eigenvalue weighted by Gasteiger charge is 2.26. The number of amides is 1. The van der Waals surface area contributed by atoms with Crippen LogP contribution in [0.2, 0.25) is 0 Å². The van der Waals surface area contributed by atoms with E-state index in [4.69, 9.17) is 5.73 Å². The van der Waals surface area contributed by atoms with Crippen LogP contribution in [-0.4, -0.2) is 12.5 Å². The molecule has 5 heteroatoms. The number of nitrogens with one attached hydrogen (secondary N) is 1. The quantitative estimate of drug-likeness (QED) is 0.819. The normalized spacial score (nSPS) is 16.8. The minimum atomic E-state index is -0.892. The van der Waals surface area contributed by atoms with E-state index >= 15 is 0 Å². The van der Waals surface area contributed by atoms with Crippen molar-refractivity contribution in [2.24, 2.45) is 11.7 Å². The van der Waals surface area contributed by atoms with E-state index in [0.717, 1.165) is 25.0 Å². The molecule has 0 aromatic heterocycles. The SMILES string of the molecule is NC(=O)C(NCC1CC1)c1ccc(F)cc1F. The maximum absolute atomic E-state index is 13.5. The molecule has 1 atom stereocenters. The second-order valence-corrected chi connectivity index (χ2v) is 4.35. The van der Waals surface area contributed by atoms with Crippen LogP contribution in [-0.2, 0) is 4.79 Å². The molecule has 0 radical (unpaired) electrons. The summed E-state index contributed by atoms with van der Waals surface area (Å²) < 4.78 is 26.3. The fourth-order valence-electron chi connectivity index (χ4n) is 1.71. The monoisotopic (exact) mass is 240 g/mol. The standard InChI is InChI=1S/C12H14F2N2O/c13-8-3-4-9(10(14)5-8)11(12(15)17)16-6-7-1-2-7/h3-5,7,11,16H,1-2,6H2,(H2,15,17). The van der Waals surface area contributed by atoms with E-state index < -0.39 is 23.6 Å². The van der Waals surface area contributed by atoms with Gasteiger partial charge in [-0.05, 0) is 31.4 Å². The van der Waals surface area contributed by atoms with Crippen molar-refractivity contribution in [3.63, 3.8) is 0 Å². The van der Waals surface area contributed by atoms with Gasteiger partial charge >= 0.3 is 0 Å². The Morgan fingerprint density at radius 3 is 2.71 bits per heavy atom. The number of nitrogens with two attached hydrogens (primary N) is 1. The lowest BCUT2D eigenvalue weighted by atomic mass is 10.1. The number of benzene rings is 1. The van der Waals surface area contributed by atoms with E-state index in [1.165, 1.54) is 6.07 Å². The number of rotatable bonds is 5. The Bertz CT molecular complexity index is 433. The van der Waals surface area contributed by atoms with E-state index in [2.05, 4.69) is 5.32 Å². The summed E-state index contributed by atoms with van der Waals surface area (Å²) in [6.07, 6.45) is 2.23. The molecule has 0 aliphatic heterocycles. The minimum Gasteiger partial charge on any atom is -0.368 e. The third-order valence-corrected chi connectivity index (χ3v) is 2.87. The van der Waals surface area contributed by atoms with Crippen LogP contribution < -0.4 is 11.1 Å². The average molecular weight is 240 g/mol. The largest absolute Gasteiger partial charge is 0.368 e. The zero-order valence-corrected chi connectivity index (χ0v) is 9.25. The molecule has 17 heavy (non-hydrogen) atoms. The lowest BCUT2D eigenvalue weighted by Gasteiger charge is -2.16. The Hall–Kier alpha value is -1.49. The fraction of sp³-hybridized carbons (Fsp3) is 0.417. The first-order valence-corrected chi connectivity index (χ1v) is 5.55. The van der Waals surface area contributed by atoms with E-state index in [9.17, 15) is 13.6 Å². The molecule has 1 aliphatic carbocycles. The predicted octanol–water partition coefficient (Wildman–Crippen LogP) is 1.49. The zero-order valence-electron chi connectivity index (χ0n) is 9.25. The van der Waals surface area contributed by atoms with Crippen LogP contribution in [0.1, 0.15) is 24.4 Å². The number of carbonyl (C=O) groups excluding carboxylic acids is 1. The summed E-state index contributed by atoms with van der Waals surface area (Å²) in [5.74, 6) is -1.54. The van der Waals surface area contributed by atoms with Crippen LogP contribution in [0.3, 0.4) is 0 Å². The predicted molar refractivity (Wildman–Crippen MR) is 59.0 cm³/mol. The first kappa shape index (κ1) is 12.0. The van der Waals surface area contributed by atoms with Crippen molar-refractivity contribution in [1.82, 2.24) is 5.32 Å². The van der Waals surface area contributed by atoms with Crippen LogP contribution in [0, 0.1) is 17.6 Å². The Balaban J connectivity index is 2.15. The molecule has 1 amide bonds. The highest BCUT2D eigenvalue weighted by atomic mass is 19.1. The third-order valence-electron chi connectivity index (χ3n) is 2.87. The molecule has 1 unspecified atom stereocenters. The summed E-state index contributed by atoms with van der Waals surface area (Å²) in [5, 5.41) is 2.92. The van der Waals surface area contributed by atoms with Gasteiger partial charge in [0.1, 0.15) is 17.7 Å². The molecule has 0 heterocycles. The topological polar surface area (TPSA) is 55.1 Å². The molecule has 1 saturated carbocycles. The molecule has 0 spiro atoms. The van der Waals surface area contributed by atoms with E-state index in [1.54, 1.807) is 0 Å². The molecule has 2 rings (SSSR count). The third kappa shape index (κ3) is 3.00. The van der Waals surface area contributed by atoms with Gasteiger partial charge in [-0.3, -0.25) is 4.79 Å². The molecule has 0 saturated heterocycles. The van der Waals surface area contributed by atoms with Crippen molar-refractivity contribution in [2.75, 3.05) is 6.54 Å². The van der Waals surface area contributed by atoms with Gasteiger partial charge in [-0.25, -0.2) is 8.78 Å². The summed E-state index contributed by atoms with van der Waals surface area (Å²) >= 11 is 0. The summed E-state index contributed by atoms with van der Waals surface area (Å²) in [6.45, 7) is 0.629. The smallest absolute Gasteiger partial charge is 0.239 e. The van der Waals surface area contributed by atoms with Crippen LogP contribution in [0.15, 0.2) is 18.2 Å². The molecule has 0 bridgehead atoms. The van der Waals surface area contributed by atoms with Crippen molar-refractivity contribution < 1.29 is 13.6 Å². The van der Waals surface area contributed by atoms with Gasteiger partial charge in [0.05, 0.1) is 0 Å². The van der Waals surface area contributed by atoms with Crippen LogP contribution in [0.4, 0.5) is 8.78 Å². The lowest BCUT2D eigenvalue weighted by Crippen LogP contribution is -2.35. The molecule has 1 fully saturated rings. The maximum Gasteiger partial charge on any atom is 0.239 e. The van der Waals surface area contributed by atoms with Gasteiger partial charge in [0.25, 0.3) is 0 Å². The fourth-order valence-corrected chi connectivity index (χ4v) is 1.71. The number of hydrogen-bond donors (Lipinski definition) is 2. The molecular weight excluding hydrogens is 226 g/mol. The van der Waals surface area contributed by atoms with Crippen molar-refractivity contribution in [3.8, 4) is 0 Å². The van der Waals surface area contributed by atoms with Gasteiger partial charge in [-0.1, -0.05) is 6.07 Å². The highest BCUT2D eigenvalue weighted by molar-refractivity contribution is 5.81. The second-order valence-electron chi connectivity index (χ2n) is 4.35. The Kier molecular flexibility index (Phi) is 3.38. The number of primary amides is 1. The summed E-state index contributed by atoms with van der Waals surface area (Å²) in [5.41, 5.74) is 5.32. The molecule has 3 N–H and O–H groups in total. The molecule has 1 aromatic rings. The minimum absolute atomic E-state index is 0.0968. The van der Waals surface area contributed by atoms with Crippen molar-refractivity contribution in [1.29, 1.82) is 0 Å². The summed E-state index contributed by atoms with van der Waals surface area (Å²) in [4.78, 5) is 11.3. The van der Waals surface area contributed by atoms with Gasteiger partial charge in [0, 0.05) is 11.6 Å². The van der Waals surface area contributed by atoms with Gasteiger partial charge < -0.3 is 11.1 Å². The number of carbonyl (C=O) groups is 1. The van der Waals surface area contributed by atoms with Gasteiger partial charge in [0.15, 0.2) is 0 Å². The van der Waals surface area contributed by atoms with E-state index in [-0.39, 0.29) is 5.56 Å². The first-order chi connectivity index (χ1) is 8.08. The first-order valence-electron chi connectivity index (χ1n) is 5.55. The van der Waals surface area contributed by atoms with Crippen LogP contribution in [0.25, 0.3) is 0 Å². The Labute approximate surface area is 98.0 Å². The highest BCUT2D eigenvalue weighted by Crippen LogP contribution is 2.29. The Morgan fingerprint density at radius 1 is 1.47 bits per heavy atom.